The highest BCUT2D eigenvalue weighted by molar-refractivity contribution is 6.43. The molecule has 2 aromatic heterocycles. The lowest BCUT2D eigenvalue weighted by Gasteiger charge is -2.06. The van der Waals surface area contributed by atoms with Crippen molar-refractivity contribution < 1.29 is 0 Å². The summed E-state index contributed by atoms with van der Waals surface area (Å²) < 4.78 is 1.47. The fourth-order valence-corrected chi connectivity index (χ4v) is 2.93. The van der Waals surface area contributed by atoms with Gasteiger partial charge in [0.1, 0.15) is 0 Å². The molecule has 2 heterocycles. The number of nitrogens with one attached hydrogen (secondary N) is 1. The van der Waals surface area contributed by atoms with Crippen LogP contribution in [0.5, 0.6) is 0 Å². The van der Waals surface area contributed by atoms with Crippen LogP contribution in [0.1, 0.15) is 24.3 Å². The monoisotopic (exact) mass is 319 g/mol. The van der Waals surface area contributed by atoms with Gasteiger partial charge in [-0.3, -0.25) is 9.89 Å². The highest BCUT2D eigenvalue weighted by atomic mass is 35.5. The Morgan fingerprint density at radius 1 is 1.29 bits per heavy atom. The van der Waals surface area contributed by atoms with Gasteiger partial charge in [-0.25, -0.2) is 9.50 Å². The minimum Gasteiger partial charge on any atom is -0.297 e. The van der Waals surface area contributed by atoms with E-state index in [0.29, 0.717) is 32.9 Å². The van der Waals surface area contributed by atoms with E-state index in [1.807, 2.05) is 12.3 Å². The molecule has 1 aromatic carbocycles. The number of hydrogen-bond donors (Lipinski definition) is 1. The predicted molar refractivity (Wildman–Crippen MR) is 83.2 cm³/mol. The molecule has 0 radical (unpaired) electrons. The first-order valence-electron chi connectivity index (χ1n) is 6.70. The molecule has 3 aromatic rings. The van der Waals surface area contributed by atoms with Gasteiger partial charge in [0.25, 0.3) is 5.56 Å². The van der Waals surface area contributed by atoms with Crippen LogP contribution in [0.2, 0.25) is 10.0 Å². The first kappa shape index (κ1) is 12.9. The molecule has 1 aliphatic carbocycles. The Morgan fingerprint density at radius 3 is 2.86 bits per heavy atom. The van der Waals surface area contributed by atoms with Crippen molar-refractivity contribution in [2.75, 3.05) is 0 Å². The number of aromatic amines is 1. The molecule has 1 fully saturated rings. The number of halogens is 2. The second kappa shape index (κ2) is 4.61. The Hall–Kier alpha value is -1.78. The van der Waals surface area contributed by atoms with Crippen LogP contribution in [0.15, 0.2) is 35.3 Å². The molecule has 0 amide bonds. The summed E-state index contributed by atoms with van der Waals surface area (Å²) in [5.41, 5.74) is 2.83. The SMILES string of the molecule is O=c1cc(-c2cccc(Cl)c2Cl)nc2c(C3CC3)c[nH]n12. The van der Waals surface area contributed by atoms with E-state index >= 15 is 0 Å². The number of H-pyrrole nitrogens is 1. The maximum absolute atomic E-state index is 12.2. The molecule has 0 saturated heterocycles. The summed E-state index contributed by atoms with van der Waals surface area (Å²) in [6.07, 6.45) is 4.15. The van der Waals surface area contributed by atoms with Gasteiger partial charge in [-0.15, -0.1) is 0 Å². The fraction of sp³-hybridized carbons (Fsp3) is 0.200. The van der Waals surface area contributed by atoms with Gasteiger partial charge in [-0.1, -0.05) is 35.3 Å². The first-order valence-corrected chi connectivity index (χ1v) is 7.46. The standard InChI is InChI=1S/C15H11Cl2N3O/c16-11-3-1-2-9(14(11)17)12-6-13(21)20-15(19-12)10(7-18-20)8-4-5-8/h1-3,6-8,18H,4-5H2. The van der Waals surface area contributed by atoms with Gasteiger partial charge in [-0.2, -0.15) is 0 Å². The molecule has 0 atom stereocenters. The molecular weight excluding hydrogens is 309 g/mol. The average Bonchev–Trinajstić information content (AvgIpc) is 3.22. The Morgan fingerprint density at radius 2 is 2.10 bits per heavy atom. The van der Waals surface area contributed by atoms with E-state index in [-0.39, 0.29) is 5.56 Å². The van der Waals surface area contributed by atoms with E-state index in [1.54, 1.807) is 12.1 Å². The highest BCUT2D eigenvalue weighted by Gasteiger charge is 2.27. The van der Waals surface area contributed by atoms with Gasteiger partial charge >= 0.3 is 0 Å². The average molecular weight is 320 g/mol. The molecule has 4 nitrogen and oxygen atoms in total. The lowest BCUT2D eigenvalue weighted by atomic mass is 10.1. The highest BCUT2D eigenvalue weighted by Crippen LogP contribution is 2.41. The molecule has 106 valence electrons. The summed E-state index contributed by atoms with van der Waals surface area (Å²) in [5, 5.41) is 3.83. The number of fused-ring (bicyclic) bond motifs is 1. The topological polar surface area (TPSA) is 50.2 Å². The van der Waals surface area contributed by atoms with E-state index in [0.717, 1.165) is 18.4 Å². The molecular formula is C15H11Cl2N3O. The second-order valence-electron chi connectivity index (χ2n) is 5.24. The summed E-state index contributed by atoms with van der Waals surface area (Å²) in [4.78, 5) is 16.9. The van der Waals surface area contributed by atoms with Crippen LogP contribution in [-0.4, -0.2) is 14.6 Å². The lowest BCUT2D eigenvalue weighted by molar-refractivity contribution is 0.901. The molecule has 1 saturated carbocycles. The van der Waals surface area contributed by atoms with E-state index in [9.17, 15) is 4.79 Å². The van der Waals surface area contributed by atoms with Crippen LogP contribution in [-0.2, 0) is 0 Å². The summed E-state index contributed by atoms with van der Waals surface area (Å²) in [5.74, 6) is 0.503. The summed E-state index contributed by atoms with van der Waals surface area (Å²) in [6, 6.07) is 6.80. The second-order valence-corrected chi connectivity index (χ2v) is 6.03. The van der Waals surface area contributed by atoms with Crippen LogP contribution in [0.4, 0.5) is 0 Å². The largest absolute Gasteiger partial charge is 0.297 e. The zero-order chi connectivity index (χ0) is 14.6. The molecule has 0 bridgehead atoms. The van der Waals surface area contributed by atoms with Crippen molar-refractivity contribution >= 4 is 28.8 Å². The van der Waals surface area contributed by atoms with Crippen LogP contribution < -0.4 is 5.56 Å². The minimum atomic E-state index is -0.155. The number of nitrogens with zero attached hydrogens (tertiary/aromatic N) is 2. The maximum atomic E-state index is 12.2. The van der Waals surface area contributed by atoms with Crippen LogP contribution in [0.25, 0.3) is 16.9 Å². The third-order valence-corrected chi connectivity index (χ3v) is 4.59. The predicted octanol–water partition coefficient (Wildman–Crippen LogP) is 3.87. The van der Waals surface area contributed by atoms with Crippen LogP contribution in [0, 0.1) is 0 Å². The maximum Gasteiger partial charge on any atom is 0.273 e. The zero-order valence-electron chi connectivity index (χ0n) is 10.9. The van der Waals surface area contributed by atoms with Crippen molar-refractivity contribution in [2.24, 2.45) is 0 Å². The molecule has 6 heteroatoms. The number of rotatable bonds is 2. The molecule has 1 N–H and O–H groups in total. The number of hydrogen-bond acceptors (Lipinski definition) is 2. The molecule has 0 unspecified atom stereocenters. The van der Waals surface area contributed by atoms with Gasteiger partial charge < -0.3 is 0 Å². The van der Waals surface area contributed by atoms with Crippen molar-refractivity contribution in [1.82, 2.24) is 14.6 Å². The van der Waals surface area contributed by atoms with Crippen molar-refractivity contribution in [3.8, 4) is 11.3 Å². The summed E-state index contributed by atoms with van der Waals surface area (Å²) in [7, 11) is 0. The summed E-state index contributed by atoms with van der Waals surface area (Å²) >= 11 is 12.3. The molecule has 0 aliphatic heterocycles. The molecule has 1 aliphatic rings. The van der Waals surface area contributed by atoms with Crippen molar-refractivity contribution in [3.05, 3.63) is 56.4 Å². The Labute approximate surface area is 130 Å². The Balaban J connectivity index is 1.99. The number of aromatic nitrogens is 3. The molecule has 4 rings (SSSR count). The Bertz CT molecular complexity index is 909. The van der Waals surface area contributed by atoms with Crippen LogP contribution >= 0.6 is 23.2 Å². The van der Waals surface area contributed by atoms with E-state index in [4.69, 9.17) is 23.2 Å². The Kier molecular flexibility index (Phi) is 2.84. The van der Waals surface area contributed by atoms with Crippen molar-refractivity contribution in [2.45, 2.75) is 18.8 Å². The minimum absolute atomic E-state index is 0.155. The van der Waals surface area contributed by atoms with Gasteiger partial charge in [0.2, 0.25) is 0 Å². The van der Waals surface area contributed by atoms with Crippen molar-refractivity contribution in [3.63, 3.8) is 0 Å². The molecule has 0 spiro atoms. The van der Waals surface area contributed by atoms with Crippen molar-refractivity contribution in [1.29, 1.82) is 0 Å². The fourth-order valence-electron chi connectivity index (χ4n) is 2.53. The molecule has 21 heavy (non-hydrogen) atoms. The van der Waals surface area contributed by atoms with Gasteiger partial charge in [0.15, 0.2) is 5.65 Å². The first-order chi connectivity index (χ1) is 10.1. The lowest BCUT2D eigenvalue weighted by Crippen LogP contribution is -2.14. The van der Waals surface area contributed by atoms with E-state index < -0.39 is 0 Å². The van der Waals surface area contributed by atoms with Gasteiger partial charge in [0.05, 0.1) is 15.7 Å². The number of benzene rings is 1. The smallest absolute Gasteiger partial charge is 0.273 e. The third-order valence-electron chi connectivity index (χ3n) is 3.77. The van der Waals surface area contributed by atoms with E-state index in [2.05, 4.69) is 10.1 Å². The van der Waals surface area contributed by atoms with Crippen LogP contribution in [0.3, 0.4) is 0 Å². The van der Waals surface area contributed by atoms with Gasteiger partial charge in [-0.05, 0) is 24.8 Å². The normalized spacial score (nSPS) is 14.8. The van der Waals surface area contributed by atoms with Gasteiger partial charge in [0, 0.05) is 23.4 Å². The van der Waals surface area contributed by atoms with E-state index in [1.165, 1.54) is 10.6 Å². The summed E-state index contributed by atoms with van der Waals surface area (Å²) in [6.45, 7) is 0. The quantitative estimate of drug-likeness (QED) is 0.779. The third kappa shape index (κ3) is 2.06. The zero-order valence-corrected chi connectivity index (χ0v) is 12.4.